The highest BCUT2D eigenvalue weighted by atomic mass is 35.5. The lowest BCUT2D eigenvalue weighted by Crippen LogP contribution is -2.16. The number of nitrogens with zero attached hydrogens (tertiary/aromatic N) is 3. The topological polar surface area (TPSA) is 59.8 Å². The van der Waals surface area contributed by atoms with Gasteiger partial charge in [-0.1, -0.05) is 72.2 Å². The third-order valence-electron chi connectivity index (χ3n) is 4.95. The number of para-hydroxylation sites is 1. The van der Waals surface area contributed by atoms with Gasteiger partial charge in [0.25, 0.3) is 0 Å². The van der Waals surface area contributed by atoms with Crippen LogP contribution in [0.5, 0.6) is 0 Å². The molecule has 3 rings (SSSR count). The third-order valence-corrected chi connectivity index (χ3v) is 7.48. The third kappa shape index (κ3) is 7.03. The molecule has 0 atom stereocenters. The van der Waals surface area contributed by atoms with Crippen LogP contribution in [0.15, 0.2) is 54.2 Å². The Kier molecular flexibility index (Phi) is 9.74. The second-order valence-corrected chi connectivity index (χ2v) is 10.1. The van der Waals surface area contributed by atoms with E-state index in [0.29, 0.717) is 27.5 Å². The second-order valence-electron chi connectivity index (χ2n) is 7.33. The van der Waals surface area contributed by atoms with E-state index in [0.717, 1.165) is 40.4 Å². The summed E-state index contributed by atoms with van der Waals surface area (Å²) in [7, 11) is 0. The van der Waals surface area contributed by atoms with Crippen LogP contribution in [-0.2, 0) is 29.3 Å². The molecule has 1 heterocycles. The van der Waals surface area contributed by atoms with Gasteiger partial charge in [-0.2, -0.15) is 0 Å². The van der Waals surface area contributed by atoms with Crippen molar-refractivity contribution in [2.75, 3.05) is 11.1 Å². The molecule has 0 aliphatic heterocycles. The quantitative estimate of drug-likeness (QED) is 0.222. The molecule has 174 valence electrons. The Morgan fingerprint density at radius 1 is 1.18 bits per heavy atom. The van der Waals surface area contributed by atoms with E-state index < -0.39 is 0 Å². The number of thioether (sulfide) groups is 2. The summed E-state index contributed by atoms with van der Waals surface area (Å²) < 4.78 is 1.99. The number of aryl methyl sites for hydroxylation is 2. The van der Waals surface area contributed by atoms with Crippen molar-refractivity contribution >= 4 is 58.3 Å². The minimum absolute atomic E-state index is 0.0644. The summed E-state index contributed by atoms with van der Waals surface area (Å²) in [5.41, 5.74) is 4.11. The average Bonchev–Trinajstić information content (AvgIpc) is 3.17. The Morgan fingerprint density at radius 3 is 2.73 bits per heavy atom. The molecule has 33 heavy (non-hydrogen) atoms. The summed E-state index contributed by atoms with van der Waals surface area (Å²) in [5.74, 6) is 2.42. The maximum absolute atomic E-state index is 12.6. The van der Waals surface area contributed by atoms with Gasteiger partial charge in [0.15, 0.2) is 5.16 Å². The van der Waals surface area contributed by atoms with Crippen LogP contribution in [-0.4, -0.2) is 26.4 Å². The normalized spacial score (nSPS) is 10.9. The number of hydrogen-bond acceptors (Lipinski definition) is 5. The van der Waals surface area contributed by atoms with Gasteiger partial charge in [0, 0.05) is 28.0 Å². The van der Waals surface area contributed by atoms with Gasteiger partial charge in [-0.3, -0.25) is 4.79 Å². The van der Waals surface area contributed by atoms with E-state index in [1.165, 1.54) is 11.8 Å². The van der Waals surface area contributed by atoms with Crippen LogP contribution < -0.4 is 5.32 Å². The van der Waals surface area contributed by atoms with Gasteiger partial charge in [0.05, 0.1) is 11.5 Å². The molecule has 3 aromatic rings. The smallest absolute Gasteiger partial charge is 0.234 e. The van der Waals surface area contributed by atoms with Crippen molar-refractivity contribution in [2.45, 2.75) is 43.5 Å². The molecule has 0 aliphatic rings. The predicted octanol–water partition coefficient (Wildman–Crippen LogP) is 6.81. The number of anilines is 1. The van der Waals surface area contributed by atoms with Gasteiger partial charge in [-0.15, -0.1) is 28.5 Å². The largest absolute Gasteiger partial charge is 0.325 e. The fourth-order valence-electron chi connectivity index (χ4n) is 3.24. The molecule has 0 saturated carbocycles. The van der Waals surface area contributed by atoms with Gasteiger partial charge >= 0.3 is 0 Å². The van der Waals surface area contributed by atoms with Crippen LogP contribution in [0.4, 0.5) is 5.69 Å². The molecule has 0 unspecified atom stereocenters. The van der Waals surface area contributed by atoms with Crippen molar-refractivity contribution < 1.29 is 4.79 Å². The lowest BCUT2D eigenvalue weighted by molar-refractivity contribution is -0.113. The Hall–Kier alpha value is -1.93. The Bertz CT molecular complexity index is 1130. The summed E-state index contributed by atoms with van der Waals surface area (Å²) in [4.78, 5) is 12.6. The van der Waals surface area contributed by atoms with E-state index >= 15 is 0 Å². The summed E-state index contributed by atoms with van der Waals surface area (Å²) >= 11 is 15.3. The molecule has 9 heteroatoms. The van der Waals surface area contributed by atoms with E-state index in [1.807, 2.05) is 41.8 Å². The molecule has 1 aromatic heterocycles. The van der Waals surface area contributed by atoms with Gasteiger partial charge in [-0.05, 0) is 42.2 Å². The summed E-state index contributed by atoms with van der Waals surface area (Å²) in [6, 6.07) is 11.6. The highest BCUT2D eigenvalue weighted by Crippen LogP contribution is 2.27. The van der Waals surface area contributed by atoms with Gasteiger partial charge < -0.3 is 9.88 Å². The lowest BCUT2D eigenvalue weighted by atomic mass is 10.1. The minimum Gasteiger partial charge on any atom is -0.325 e. The van der Waals surface area contributed by atoms with Crippen LogP contribution >= 0.6 is 46.7 Å². The highest BCUT2D eigenvalue weighted by molar-refractivity contribution is 7.99. The first-order chi connectivity index (χ1) is 15.9. The number of amides is 1. The lowest BCUT2D eigenvalue weighted by Gasteiger charge is -2.13. The molecule has 0 fully saturated rings. The van der Waals surface area contributed by atoms with Gasteiger partial charge in [0.1, 0.15) is 5.82 Å². The van der Waals surface area contributed by atoms with Crippen molar-refractivity contribution in [1.29, 1.82) is 0 Å². The van der Waals surface area contributed by atoms with Gasteiger partial charge in [0.2, 0.25) is 5.91 Å². The molecular weight excluding hydrogens is 495 g/mol. The fraction of sp³-hybridized carbons (Fsp3) is 0.292. The van der Waals surface area contributed by atoms with E-state index in [9.17, 15) is 4.79 Å². The van der Waals surface area contributed by atoms with Crippen LogP contribution in [0.2, 0.25) is 10.0 Å². The molecule has 0 spiro atoms. The zero-order chi connectivity index (χ0) is 23.8. The summed E-state index contributed by atoms with van der Waals surface area (Å²) in [6.45, 7) is 8.50. The number of benzene rings is 2. The van der Waals surface area contributed by atoms with E-state index in [-0.39, 0.29) is 11.7 Å². The Labute approximate surface area is 213 Å². The first kappa shape index (κ1) is 25.7. The van der Waals surface area contributed by atoms with Crippen LogP contribution in [0.1, 0.15) is 29.4 Å². The first-order valence-corrected chi connectivity index (χ1v) is 13.4. The maximum atomic E-state index is 12.6. The number of nitrogens with one attached hydrogen (secondary N) is 1. The molecular formula is C24H26Cl2N4OS2. The molecule has 0 radical (unpaired) electrons. The van der Waals surface area contributed by atoms with Crippen molar-refractivity contribution in [3.8, 4) is 0 Å². The summed E-state index contributed by atoms with van der Waals surface area (Å²) in [5, 5.41) is 13.7. The van der Waals surface area contributed by atoms with Crippen molar-refractivity contribution in [3.63, 3.8) is 0 Å². The zero-order valence-corrected chi connectivity index (χ0v) is 21.8. The minimum atomic E-state index is -0.0644. The number of carbonyl (C=O) groups excluding carboxylic acids is 1. The number of carbonyl (C=O) groups is 1. The number of allylic oxidation sites excluding steroid dienone is 1. The standard InChI is InChI=1S/C24H26Cl2N4OS2/c1-4-11-30-21(14-32-13-18-9-10-19(25)12-20(18)26)28-29-24(30)33-15-22(31)27-23-16(3)7-6-8-17(23)5-2/h4,6-10,12H,1,5,11,13-15H2,2-3H3,(H,27,31). The number of aromatic nitrogens is 3. The van der Waals surface area contributed by atoms with Crippen molar-refractivity contribution in [3.05, 3.63) is 81.6 Å². The molecule has 5 nitrogen and oxygen atoms in total. The molecule has 1 N–H and O–H groups in total. The predicted molar refractivity (Wildman–Crippen MR) is 142 cm³/mol. The van der Waals surface area contributed by atoms with E-state index in [4.69, 9.17) is 23.2 Å². The molecule has 0 aliphatic carbocycles. The fourth-order valence-corrected chi connectivity index (χ4v) is 5.53. The average molecular weight is 522 g/mol. The molecule has 1 amide bonds. The highest BCUT2D eigenvalue weighted by Gasteiger charge is 2.15. The van der Waals surface area contributed by atoms with Crippen LogP contribution in [0.3, 0.4) is 0 Å². The number of rotatable bonds is 11. The second kappa shape index (κ2) is 12.5. The zero-order valence-electron chi connectivity index (χ0n) is 18.6. The monoisotopic (exact) mass is 520 g/mol. The molecule has 0 bridgehead atoms. The number of hydrogen-bond donors (Lipinski definition) is 1. The Morgan fingerprint density at radius 2 is 2.00 bits per heavy atom. The van der Waals surface area contributed by atoms with E-state index in [2.05, 4.69) is 29.0 Å². The first-order valence-electron chi connectivity index (χ1n) is 10.5. The Balaban J connectivity index is 1.61. The number of halogens is 2. The van der Waals surface area contributed by atoms with Crippen LogP contribution in [0, 0.1) is 6.92 Å². The van der Waals surface area contributed by atoms with E-state index in [1.54, 1.807) is 23.9 Å². The van der Waals surface area contributed by atoms with Gasteiger partial charge in [-0.25, -0.2) is 0 Å². The van der Waals surface area contributed by atoms with Crippen molar-refractivity contribution in [2.24, 2.45) is 0 Å². The SMILES string of the molecule is C=CCn1c(CSCc2ccc(Cl)cc2Cl)nnc1SCC(=O)Nc1c(C)cccc1CC. The van der Waals surface area contributed by atoms with Crippen LogP contribution in [0.25, 0.3) is 0 Å². The molecule has 2 aromatic carbocycles. The summed E-state index contributed by atoms with van der Waals surface area (Å²) in [6.07, 6.45) is 2.67. The van der Waals surface area contributed by atoms with Crippen molar-refractivity contribution in [1.82, 2.24) is 14.8 Å². The molecule has 0 saturated heterocycles. The maximum Gasteiger partial charge on any atom is 0.234 e.